The molecule has 0 amide bonds. The summed E-state index contributed by atoms with van der Waals surface area (Å²) in [6, 6.07) is 4.45. The fourth-order valence-electron chi connectivity index (χ4n) is 2.13. The van der Waals surface area contributed by atoms with Crippen molar-refractivity contribution in [3.8, 4) is 0 Å². The van der Waals surface area contributed by atoms with E-state index in [1.807, 2.05) is 17.5 Å². The minimum Gasteiger partial charge on any atom is -0.304 e. The third kappa shape index (κ3) is 5.32. The molecule has 0 saturated heterocycles. The highest BCUT2D eigenvalue weighted by Crippen LogP contribution is 2.14. The van der Waals surface area contributed by atoms with Crippen LogP contribution in [0, 0.1) is 5.92 Å². The maximum absolute atomic E-state index is 11.8. The topological polar surface area (TPSA) is 20.3 Å². The molecule has 3 heteroatoms. The lowest BCUT2D eigenvalue weighted by Gasteiger charge is -2.25. The number of hydrogen-bond donors (Lipinski definition) is 0. The molecule has 0 saturated carbocycles. The molecule has 1 heterocycles. The molecule has 1 rings (SSSR count). The van der Waals surface area contributed by atoms with Gasteiger partial charge in [-0.2, -0.15) is 0 Å². The molecule has 0 aliphatic heterocycles. The van der Waals surface area contributed by atoms with Gasteiger partial charge < -0.3 is 4.90 Å². The van der Waals surface area contributed by atoms with Gasteiger partial charge in [-0.25, -0.2) is 0 Å². The summed E-state index contributed by atoms with van der Waals surface area (Å²) in [5.41, 5.74) is 0. The van der Waals surface area contributed by atoms with E-state index in [1.165, 1.54) is 6.42 Å². The van der Waals surface area contributed by atoms with E-state index < -0.39 is 0 Å². The predicted octanol–water partition coefficient (Wildman–Crippen LogP) is 4.08. The van der Waals surface area contributed by atoms with Gasteiger partial charge in [0.05, 0.1) is 4.88 Å². The van der Waals surface area contributed by atoms with Crippen molar-refractivity contribution in [2.75, 3.05) is 13.6 Å². The molecule has 0 spiro atoms. The number of hydrogen-bond acceptors (Lipinski definition) is 3. The van der Waals surface area contributed by atoms with Crippen LogP contribution < -0.4 is 0 Å². The van der Waals surface area contributed by atoms with Crippen molar-refractivity contribution >= 4 is 17.1 Å². The van der Waals surface area contributed by atoms with E-state index in [9.17, 15) is 4.79 Å². The average Bonchev–Trinajstić information content (AvgIpc) is 2.81. The van der Waals surface area contributed by atoms with Gasteiger partial charge in [-0.15, -0.1) is 11.3 Å². The molecule has 0 fully saturated rings. The van der Waals surface area contributed by atoms with Crippen molar-refractivity contribution < 1.29 is 4.79 Å². The van der Waals surface area contributed by atoms with E-state index in [4.69, 9.17) is 0 Å². The molecule has 1 unspecified atom stereocenters. The van der Waals surface area contributed by atoms with Crippen molar-refractivity contribution in [2.45, 2.75) is 46.1 Å². The lowest BCUT2D eigenvalue weighted by Crippen LogP contribution is -2.31. The van der Waals surface area contributed by atoms with Gasteiger partial charge in [-0.3, -0.25) is 4.79 Å². The highest BCUT2D eigenvalue weighted by atomic mass is 32.1. The van der Waals surface area contributed by atoms with Gasteiger partial charge in [0.25, 0.3) is 0 Å². The zero-order valence-electron chi connectivity index (χ0n) is 12.0. The van der Waals surface area contributed by atoms with E-state index >= 15 is 0 Å². The van der Waals surface area contributed by atoms with E-state index in [2.05, 4.69) is 32.7 Å². The molecule has 0 bridgehead atoms. The van der Waals surface area contributed by atoms with E-state index in [0.717, 1.165) is 23.8 Å². The van der Waals surface area contributed by atoms with Gasteiger partial charge in [0.2, 0.25) is 0 Å². The molecular formula is C15H25NOS. The zero-order chi connectivity index (χ0) is 13.5. The van der Waals surface area contributed by atoms with Gasteiger partial charge in [-0.1, -0.05) is 19.9 Å². The molecule has 1 aromatic heterocycles. The number of ketones is 1. The smallest absolute Gasteiger partial charge is 0.172 e. The Hall–Kier alpha value is -0.670. The Bertz CT molecular complexity index is 345. The molecule has 18 heavy (non-hydrogen) atoms. The van der Waals surface area contributed by atoms with Crippen molar-refractivity contribution in [2.24, 2.45) is 5.92 Å². The monoisotopic (exact) mass is 267 g/mol. The minimum atomic E-state index is 0.287. The van der Waals surface area contributed by atoms with E-state index in [1.54, 1.807) is 11.3 Å². The molecule has 0 aromatic carbocycles. The summed E-state index contributed by atoms with van der Waals surface area (Å²) in [6.07, 6.45) is 2.84. The summed E-state index contributed by atoms with van der Waals surface area (Å²) >= 11 is 1.54. The Morgan fingerprint density at radius 3 is 2.67 bits per heavy atom. The van der Waals surface area contributed by atoms with Crippen LogP contribution in [0.4, 0.5) is 0 Å². The largest absolute Gasteiger partial charge is 0.304 e. The molecule has 0 radical (unpaired) electrons. The Balaban J connectivity index is 2.23. The van der Waals surface area contributed by atoms with Gasteiger partial charge in [0, 0.05) is 12.5 Å². The van der Waals surface area contributed by atoms with Gasteiger partial charge >= 0.3 is 0 Å². The lowest BCUT2D eigenvalue weighted by molar-refractivity contribution is 0.0977. The third-order valence-electron chi connectivity index (χ3n) is 3.28. The fourth-order valence-corrected chi connectivity index (χ4v) is 2.83. The number of nitrogens with zero attached hydrogens (tertiary/aromatic N) is 1. The van der Waals surface area contributed by atoms with Gasteiger partial charge in [0.1, 0.15) is 0 Å². The number of rotatable bonds is 8. The van der Waals surface area contributed by atoms with Crippen molar-refractivity contribution in [1.29, 1.82) is 0 Å². The predicted molar refractivity (Wildman–Crippen MR) is 79.4 cm³/mol. The maximum atomic E-state index is 11.8. The summed E-state index contributed by atoms with van der Waals surface area (Å²) in [7, 11) is 2.16. The molecule has 102 valence electrons. The van der Waals surface area contributed by atoms with E-state index in [-0.39, 0.29) is 5.78 Å². The average molecular weight is 267 g/mol. The second kappa shape index (κ2) is 7.70. The molecule has 0 N–H and O–H groups in total. The standard InChI is InChI=1S/C15H25NOS/c1-12(2)11-13(3)16(4)9-5-7-14(17)15-8-6-10-18-15/h6,8,10,12-13H,5,7,9,11H2,1-4H3. The molecule has 0 aliphatic rings. The first kappa shape index (κ1) is 15.4. The van der Waals surface area contributed by atoms with Crippen LogP contribution in [0.1, 0.15) is 49.7 Å². The van der Waals surface area contributed by atoms with Crippen LogP contribution in [0.25, 0.3) is 0 Å². The number of carbonyl (C=O) groups is 1. The summed E-state index contributed by atoms with van der Waals surface area (Å²) in [6.45, 7) is 7.78. The van der Waals surface area contributed by atoms with Crippen LogP contribution >= 0.6 is 11.3 Å². The van der Waals surface area contributed by atoms with E-state index in [0.29, 0.717) is 12.5 Å². The number of Topliss-reactive ketones (excluding diaryl/α,β-unsaturated/α-hetero) is 1. The molecular weight excluding hydrogens is 242 g/mol. The summed E-state index contributed by atoms with van der Waals surface area (Å²) < 4.78 is 0. The number of thiophene rings is 1. The summed E-state index contributed by atoms with van der Waals surface area (Å²) in [5.74, 6) is 1.02. The third-order valence-corrected chi connectivity index (χ3v) is 4.19. The van der Waals surface area contributed by atoms with Crippen LogP contribution in [-0.4, -0.2) is 30.3 Å². The van der Waals surface area contributed by atoms with Crippen molar-refractivity contribution in [3.63, 3.8) is 0 Å². The van der Waals surface area contributed by atoms with Gasteiger partial charge in [0.15, 0.2) is 5.78 Å². The van der Waals surface area contributed by atoms with Crippen LogP contribution in [0.5, 0.6) is 0 Å². The summed E-state index contributed by atoms with van der Waals surface area (Å²) in [5, 5.41) is 1.96. The van der Waals surface area contributed by atoms with Crippen LogP contribution in [-0.2, 0) is 0 Å². The normalized spacial score (nSPS) is 13.2. The first-order valence-electron chi connectivity index (χ1n) is 6.77. The Labute approximate surface area is 115 Å². The lowest BCUT2D eigenvalue weighted by atomic mass is 10.0. The highest BCUT2D eigenvalue weighted by molar-refractivity contribution is 7.12. The van der Waals surface area contributed by atoms with Crippen molar-refractivity contribution in [3.05, 3.63) is 22.4 Å². The van der Waals surface area contributed by atoms with Crippen molar-refractivity contribution in [1.82, 2.24) is 4.90 Å². The Kier molecular flexibility index (Phi) is 6.58. The van der Waals surface area contributed by atoms with Crippen LogP contribution in [0.2, 0.25) is 0 Å². The molecule has 0 aliphatic carbocycles. The van der Waals surface area contributed by atoms with Crippen LogP contribution in [0.3, 0.4) is 0 Å². The maximum Gasteiger partial charge on any atom is 0.172 e. The SMILES string of the molecule is CC(C)CC(C)N(C)CCCC(=O)c1cccs1. The molecule has 1 aromatic rings. The Morgan fingerprint density at radius 2 is 2.11 bits per heavy atom. The second-order valence-corrected chi connectivity index (χ2v) is 6.41. The Morgan fingerprint density at radius 1 is 1.39 bits per heavy atom. The number of carbonyl (C=O) groups excluding carboxylic acids is 1. The second-order valence-electron chi connectivity index (χ2n) is 5.46. The fraction of sp³-hybridized carbons (Fsp3) is 0.667. The summed E-state index contributed by atoms with van der Waals surface area (Å²) in [4.78, 5) is 15.1. The molecule has 1 atom stereocenters. The molecule has 2 nitrogen and oxygen atoms in total. The first-order chi connectivity index (χ1) is 8.50. The quantitative estimate of drug-likeness (QED) is 0.662. The van der Waals surface area contributed by atoms with Crippen LogP contribution in [0.15, 0.2) is 17.5 Å². The zero-order valence-corrected chi connectivity index (χ0v) is 12.8. The highest BCUT2D eigenvalue weighted by Gasteiger charge is 2.12. The minimum absolute atomic E-state index is 0.287. The van der Waals surface area contributed by atoms with Gasteiger partial charge in [-0.05, 0) is 50.7 Å². The first-order valence-corrected chi connectivity index (χ1v) is 7.65.